The maximum absolute atomic E-state index is 11.9. The van der Waals surface area contributed by atoms with Crippen LogP contribution in [-0.2, 0) is 16.1 Å². The summed E-state index contributed by atoms with van der Waals surface area (Å²) < 4.78 is 11.2. The van der Waals surface area contributed by atoms with Crippen molar-refractivity contribution in [3.8, 4) is 0 Å². The van der Waals surface area contributed by atoms with Gasteiger partial charge in [-0.25, -0.2) is 0 Å². The molecule has 4 nitrogen and oxygen atoms in total. The molecule has 20 heavy (non-hydrogen) atoms. The summed E-state index contributed by atoms with van der Waals surface area (Å²) in [4.78, 5) is 11.9. The largest absolute Gasteiger partial charge is 0.459 e. The lowest BCUT2D eigenvalue weighted by atomic mass is 10.1. The molecule has 0 fully saturated rings. The number of para-hydroxylation sites is 1. The Kier molecular flexibility index (Phi) is 4.45. The zero-order valence-corrected chi connectivity index (χ0v) is 12.4. The lowest BCUT2D eigenvalue weighted by molar-refractivity contribution is -0.134. The molecule has 1 atom stereocenters. The number of furan rings is 1. The highest BCUT2D eigenvalue weighted by atomic mass is 16.5. The molecule has 1 amide bonds. The zero-order chi connectivity index (χ0) is 14.7. The second-order valence-corrected chi connectivity index (χ2v) is 5.19. The van der Waals surface area contributed by atoms with Gasteiger partial charge in [-0.2, -0.15) is 0 Å². The molecule has 0 saturated heterocycles. The van der Waals surface area contributed by atoms with E-state index in [0.717, 1.165) is 22.3 Å². The summed E-state index contributed by atoms with van der Waals surface area (Å²) in [6.07, 6.45) is -0.427. The van der Waals surface area contributed by atoms with Crippen molar-refractivity contribution in [2.75, 3.05) is 0 Å². The van der Waals surface area contributed by atoms with E-state index in [0.29, 0.717) is 6.54 Å². The van der Waals surface area contributed by atoms with Crippen molar-refractivity contribution in [3.05, 3.63) is 35.6 Å². The molecule has 2 rings (SSSR count). The molecular weight excluding hydrogens is 254 g/mol. The minimum absolute atomic E-state index is 0.0312. The first-order chi connectivity index (χ1) is 9.49. The Morgan fingerprint density at radius 3 is 2.65 bits per heavy atom. The number of fused-ring (bicyclic) bond motifs is 1. The predicted octanol–water partition coefficient (Wildman–Crippen LogP) is 3.17. The van der Waals surface area contributed by atoms with Gasteiger partial charge >= 0.3 is 0 Å². The van der Waals surface area contributed by atoms with E-state index >= 15 is 0 Å². The molecule has 1 N–H and O–H groups in total. The highest BCUT2D eigenvalue weighted by Crippen LogP contribution is 2.24. The van der Waals surface area contributed by atoms with Gasteiger partial charge < -0.3 is 14.5 Å². The Morgan fingerprint density at radius 2 is 2.00 bits per heavy atom. The normalized spacial score (nSPS) is 12.8. The molecule has 0 spiro atoms. The van der Waals surface area contributed by atoms with Crippen molar-refractivity contribution in [2.45, 2.75) is 46.4 Å². The number of carbonyl (C=O) groups is 1. The minimum Gasteiger partial charge on any atom is -0.459 e. The van der Waals surface area contributed by atoms with Gasteiger partial charge in [0.25, 0.3) is 0 Å². The van der Waals surface area contributed by atoms with E-state index in [4.69, 9.17) is 9.15 Å². The summed E-state index contributed by atoms with van der Waals surface area (Å²) >= 11 is 0. The molecule has 0 radical (unpaired) electrons. The molecule has 0 aliphatic rings. The maximum atomic E-state index is 11.9. The summed E-state index contributed by atoms with van der Waals surface area (Å²) in [5.41, 5.74) is 1.92. The molecule has 4 heteroatoms. The van der Waals surface area contributed by atoms with Crippen LogP contribution in [0.1, 0.15) is 32.1 Å². The second kappa shape index (κ2) is 6.09. The molecule has 0 aliphatic carbocycles. The van der Waals surface area contributed by atoms with Gasteiger partial charge in [0.1, 0.15) is 17.4 Å². The number of aryl methyl sites for hydroxylation is 1. The highest BCUT2D eigenvalue weighted by Gasteiger charge is 2.16. The molecule has 0 unspecified atom stereocenters. The first-order valence-electron chi connectivity index (χ1n) is 6.89. The van der Waals surface area contributed by atoms with E-state index in [9.17, 15) is 4.79 Å². The smallest absolute Gasteiger partial charge is 0.249 e. The van der Waals surface area contributed by atoms with Crippen LogP contribution in [0, 0.1) is 6.92 Å². The fourth-order valence-electron chi connectivity index (χ4n) is 2.17. The minimum atomic E-state index is -0.459. The fraction of sp³-hybridized carbons (Fsp3) is 0.438. The van der Waals surface area contributed by atoms with Gasteiger partial charge in [0.05, 0.1) is 12.6 Å². The van der Waals surface area contributed by atoms with E-state index in [1.807, 2.05) is 45.0 Å². The van der Waals surface area contributed by atoms with Gasteiger partial charge in [-0.3, -0.25) is 4.79 Å². The van der Waals surface area contributed by atoms with Gasteiger partial charge in [0.15, 0.2) is 0 Å². The Labute approximate surface area is 119 Å². The summed E-state index contributed by atoms with van der Waals surface area (Å²) in [6.45, 7) is 7.95. The lowest BCUT2D eigenvalue weighted by Crippen LogP contribution is -2.35. The Morgan fingerprint density at radius 1 is 1.30 bits per heavy atom. The van der Waals surface area contributed by atoms with Crippen LogP contribution in [-0.4, -0.2) is 18.1 Å². The van der Waals surface area contributed by atoms with Crippen LogP contribution in [0.5, 0.6) is 0 Å². The summed E-state index contributed by atoms with van der Waals surface area (Å²) in [5, 5.41) is 3.93. The van der Waals surface area contributed by atoms with Crippen molar-refractivity contribution in [3.63, 3.8) is 0 Å². The average molecular weight is 275 g/mol. The maximum Gasteiger partial charge on any atom is 0.249 e. The van der Waals surface area contributed by atoms with E-state index in [1.165, 1.54) is 0 Å². The predicted molar refractivity (Wildman–Crippen MR) is 78.5 cm³/mol. The van der Waals surface area contributed by atoms with Gasteiger partial charge in [-0.1, -0.05) is 18.2 Å². The topological polar surface area (TPSA) is 51.5 Å². The summed E-state index contributed by atoms with van der Waals surface area (Å²) in [7, 11) is 0. The standard InChI is InChI=1S/C16H21NO3/c1-10(2)19-12(4)16(18)17-9-15-11(3)13-7-5-6-8-14(13)20-15/h5-8,10,12H,9H2,1-4H3,(H,17,18)/t12-/m1/s1. The van der Waals surface area contributed by atoms with Gasteiger partial charge in [0, 0.05) is 10.9 Å². The number of ether oxygens (including phenoxy) is 1. The van der Waals surface area contributed by atoms with E-state index in [1.54, 1.807) is 6.92 Å². The molecular formula is C16H21NO3. The van der Waals surface area contributed by atoms with Crippen LogP contribution in [0.25, 0.3) is 11.0 Å². The van der Waals surface area contributed by atoms with Crippen molar-refractivity contribution < 1.29 is 13.9 Å². The number of nitrogens with one attached hydrogen (secondary N) is 1. The summed E-state index contributed by atoms with van der Waals surface area (Å²) in [5.74, 6) is 0.662. The molecule has 1 heterocycles. The number of hydrogen-bond donors (Lipinski definition) is 1. The third kappa shape index (κ3) is 3.20. The third-order valence-corrected chi connectivity index (χ3v) is 3.21. The third-order valence-electron chi connectivity index (χ3n) is 3.21. The van der Waals surface area contributed by atoms with Crippen LogP contribution in [0.2, 0.25) is 0 Å². The van der Waals surface area contributed by atoms with Gasteiger partial charge in [0.2, 0.25) is 5.91 Å². The van der Waals surface area contributed by atoms with Crippen molar-refractivity contribution >= 4 is 16.9 Å². The van der Waals surface area contributed by atoms with Crippen LogP contribution in [0.15, 0.2) is 28.7 Å². The van der Waals surface area contributed by atoms with Crippen molar-refractivity contribution in [2.24, 2.45) is 0 Å². The van der Waals surface area contributed by atoms with Crippen LogP contribution < -0.4 is 5.32 Å². The number of hydrogen-bond acceptors (Lipinski definition) is 3. The SMILES string of the molecule is Cc1c(CNC(=O)[C@@H](C)OC(C)C)oc2ccccc12. The zero-order valence-electron chi connectivity index (χ0n) is 12.4. The Balaban J connectivity index is 2.02. The monoisotopic (exact) mass is 275 g/mol. The molecule has 1 aromatic heterocycles. The Bertz CT molecular complexity index is 601. The quantitative estimate of drug-likeness (QED) is 0.911. The number of rotatable bonds is 5. The number of benzene rings is 1. The fourth-order valence-corrected chi connectivity index (χ4v) is 2.17. The summed E-state index contributed by atoms with van der Waals surface area (Å²) in [6, 6.07) is 7.86. The number of amides is 1. The molecule has 108 valence electrons. The second-order valence-electron chi connectivity index (χ2n) is 5.19. The van der Waals surface area contributed by atoms with Crippen molar-refractivity contribution in [1.82, 2.24) is 5.32 Å². The molecule has 0 aliphatic heterocycles. The van der Waals surface area contributed by atoms with Crippen LogP contribution >= 0.6 is 0 Å². The molecule has 0 saturated carbocycles. The van der Waals surface area contributed by atoms with E-state index < -0.39 is 6.10 Å². The molecule has 2 aromatic rings. The lowest BCUT2D eigenvalue weighted by Gasteiger charge is -2.15. The van der Waals surface area contributed by atoms with Crippen LogP contribution in [0.3, 0.4) is 0 Å². The van der Waals surface area contributed by atoms with Crippen molar-refractivity contribution in [1.29, 1.82) is 0 Å². The molecule has 1 aromatic carbocycles. The first-order valence-corrected chi connectivity index (χ1v) is 6.89. The Hall–Kier alpha value is -1.81. The van der Waals surface area contributed by atoms with E-state index in [2.05, 4.69) is 5.32 Å². The van der Waals surface area contributed by atoms with Crippen LogP contribution in [0.4, 0.5) is 0 Å². The van der Waals surface area contributed by atoms with Gasteiger partial charge in [-0.05, 0) is 33.8 Å². The average Bonchev–Trinajstić information content (AvgIpc) is 2.72. The first kappa shape index (κ1) is 14.6. The van der Waals surface area contributed by atoms with Gasteiger partial charge in [-0.15, -0.1) is 0 Å². The highest BCUT2D eigenvalue weighted by molar-refractivity contribution is 5.83. The van der Waals surface area contributed by atoms with E-state index in [-0.39, 0.29) is 12.0 Å². The number of carbonyl (C=O) groups excluding carboxylic acids is 1. The molecule has 0 bridgehead atoms.